The van der Waals surface area contributed by atoms with E-state index in [-0.39, 0.29) is 12.3 Å². The highest BCUT2D eigenvalue weighted by atomic mass is 16.4. The topological polar surface area (TPSA) is 57.5 Å². The number of hydrogen-bond donors (Lipinski definition) is 2. The van der Waals surface area contributed by atoms with Crippen molar-refractivity contribution in [2.24, 2.45) is 5.92 Å². The van der Waals surface area contributed by atoms with Crippen LogP contribution >= 0.6 is 0 Å². The number of aliphatic hydroxyl groups is 1. The molecule has 0 heterocycles. The Kier molecular flexibility index (Phi) is 2.67. The van der Waals surface area contributed by atoms with Gasteiger partial charge in [-0.05, 0) is 48.6 Å². The van der Waals surface area contributed by atoms with Gasteiger partial charge in [0.2, 0.25) is 0 Å². The first-order chi connectivity index (χ1) is 8.60. The van der Waals surface area contributed by atoms with Crippen molar-refractivity contribution < 1.29 is 15.0 Å². The SMILES string of the molecule is O=C(O)CC(c1ccccc1C1(O)CC1)C1CC1. The molecule has 2 fully saturated rings. The number of aliphatic carboxylic acids is 1. The Bertz CT molecular complexity index is 472. The number of carboxylic acid groups (broad SMARTS) is 1. The molecule has 0 bridgehead atoms. The predicted octanol–water partition coefficient (Wildman–Crippen LogP) is 2.64. The summed E-state index contributed by atoms with van der Waals surface area (Å²) in [7, 11) is 0. The van der Waals surface area contributed by atoms with Gasteiger partial charge in [0.1, 0.15) is 0 Å². The van der Waals surface area contributed by atoms with Crippen LogP contribution in [-0.2, 0) is 10.4 Å². The number of rotatable bonds is 5. The van der Waals surface area contributed by atoms with E-state index in [0.29, 0.717) is 5.92 Å². The first-order valence-corrected chi connectivity index (χ1v) is 6.64. The monoisotopic (exact) mass is 246 g/mol. The van der Waals surface area contributed by atoms with E-state index >= 15 is 0 Å². The van der Waals surface area contributed by atoms with Gasteiger partial charge in [0, 0.05) is 0 Å². The minimum Gasteiger partial charge on any atom is -0.481 e. The van der Waals surface area contributed by atoms with Gasteiger partial charge < -0.3 is 10.2 Å². The second-order valence-electron chi connectivity index (χ2n) is 5.66. The van der Waals surface area contributed by atoms with Crippen molar-refractivity contribution in [3.8, 4) is 0 Å². The fourth-order valence-electron chi connectivity index (χ4n) is 2.85. The van der Waals surface area contributed by atoms with Gasteiger partial charge in [-0.15, -0.1) is 0 Å². The zero-order valence-electron chi connectivity index (χ0n) is 10.3. The molecule has 96 valence electrons. The molecule has 18 heavy (non-hydrogen) atoms. The van der Waals surface area contributed by atoms with Crippen LogP contribution in [0.5, 0.6) is 0 Å². The molecule has 0 radical (unpaired) electrons. The second-order valence-corrected chi connectivity index (χ2v) is 5.66. The van der Waals surface area contributed by atoms with Crippen LogP contribution in [0.15, 0.2) is 24.3 Å². The van der Waals surface area contributed by atoms with Crippen LogP contribution in [0.3, 0.4) is 0 Å². The average molecular weight is 246 g/mol. The molecule has 2 N–H and O–H groups in total. The molecule has 1 aromatic rings. The van der Waals surface area contributed by atoms with Crippen LogP contribution in [0, 0.1) is 5.92 Å². The van der Waals surface area contributed by atoms with E-state index < -0.39 is 11.6 Å². The molecule has 0 aromatic heterocycles. The Hall–Kier alpha value is -1.35. The van der Waals surface area contributed by atoms with Crippen molar-refractivity contribution in [3.05, 3.63) is 35.4 Å². The Morgan fingerprint density at radius 3 is 2.56 bits per heavy atom. The van der Waals surface area contributed by atoms with Crippen LogP contribution < -0.4 is 0 Å². The minimum atomic E-state index is -0.746. The zero-order chi connectivity index (χ0) is 12.8. The van der Waals surface area contributed by atoms with E-state index in [9.17, 15) is 9.90 Å². The van der Waals surface area contributed by atoms with Gasteiger partial charge in [-0.25, -0.2) is 0 Å². The Labute approximate surface area is 106 Å². The standard InChI is InChI=1S/C15H18O3/c16-14(17)9-12(10-5-6-10)11-3-1-2-4-13(11)15(18)7-8-15/h1-4,10,12,18H,5-9H2,(H,16,17). The normalized spacial score (nSPS) is 22.5. The van der Waals surface area contributed by atoms with E-state index in [1.807, 2.05) is 24.3 Å². The van der Waals surface area contributed by atoms with E-state index in [2.05, 4.69) is 0 Å². The maximum atomic E-state index is 11.0. The molecule has 1 unspecified atom stereocenters. The molecular weight excluding hydrogens is 228 g/mol. The lowest BCUT2D eigenvalue weighted by Crippen LogP contribution is -2.15. The lowest BCUT2D eigenvalue weighted by Gasteiger charge is -2.21. The van der Waals surface area contributed by atoms with Crippen molar-refractivity contribution in [1.29, 1.82) is 0 Å². The van der Waals surface area contributed by atoms with Crippen molar-refractivity contribution in [2.45, 2.75) is 43.6 Å². The number of benzene rings is 1. The van der Waals surface area contributed by atoms with Gasteiger partial charge in [-0.3, -0.25) is 4.79 Å². The molecule has 3 nitrogen and oxygen atoms in total. The van der Waals surface area contributed by atoms with Gasteiger partial charge in [0.15, 0.2) is 0 Å². The Balaban J connectivity index is 1.95. The summed E-state index contributed by atoms with van der Waals surface area (Å²) in [6.45, 7) is 0. The number of hydrogen-bond acceptors (Lipinski definition) is 2. The van der Waals surface area contributed by atoms with Gasteiger partial charge in [-0.1, -0.05) is 24.3 Å². The van der Waals surface area contributed by atoms with Crippen LogP contribution in [0.2, 0.25) is 0 Å². The summed E-state index contributed by atoms with van der Waals surface area (Å²) in [5.41, 5.74) is 1.34. The fraction of sp³-hybridized carbons (Fsp3) is 0.533. The summed E-state index contributed by atoms with van der Waals surface area (Å²) in [6.07, 6.45) is 4.01. The molecule has 2 aliphatic carbocycles. The number of carboxylic acids is 1. The molecule has 3 rings (SSSR count). The highest BCUT2D eigenvalue weighted by Gasteiger charge is 2.45. The van der Waals surface area contributed by atoms with E-state index in [1.165, 1.54) is 0 Å². The molecule has 1 aromatic carbocycles. The third kappa shape index (κ3) is 2.15. The first kappa shape index (κ1) is 11.7. The molecule has 1 atom stereocenters. The van der Waals surface area contributed by atoms with E-state index in [1.54, 1.807) is 0 Å². The smallest absolute Gasteiger partial charge is 0.303 e. The lowest BCUT2D eigenvalue weighted by atomic mass is 9.85. The third-order valence-electron chi connectivity index (χ3n) is 4.17. The second kappa shape index (κ2) is 4.09. The largest absolute Gasteiger partial charge is 0.481 e. The molecule has 0 amide bonds. The summed E-state index contributed by atoms with van der Waals surface area (Å²) in [5, 5.41) is 19.4. The van der Waals surface area contributed by atoms with Crippen molar-refractivity contribution in [1.82, 2.24) is 0 Å². The predicted molar refractivity (Wildman–Crippen MR) is 67.3 cm³/mol. The molecule has 0 aliphatic heterocycles. The minimum absolute atomic E-state index is 0.0725. The molecule has 0 spiro atoms. The maximum absolute atomic E-state index is 11.0. The maximum Gasteiger partial charge on any atom is 0.303 e. The zero-order valence-corrected chi connectivity index (χ0v) is 10.3. The van der Waals surface area contributed by atoms with Gasteiger partial charge in [-0.2, -0.15) is 0 Å². The quantitative estimate of drug-likeness (QED) is 0.839. The molecule has 2 saturated carbocycles. The van der Waals surface area contributed by atoms with Gasteiger partial charge >= 0.3 is 5.97 Å². The van der Waals surface area contributed by atoms with Gasteiger partial charge in [0.25, 0.3) is 0 Å². The molecule has 0 saturated heterocycles. The van der Waals surface area contributed by atoms with Gasteiger partial charge in [0.05, 0.1) is 12.0 Å². The lowest BCUT2D eigenvalue weighted by molar-refractivity contribution is -0.137. The molecule has 3 heteroatoms. The summed E-state index contributed by atoms with van der Waals surface area (Å²) in [4.78, 5) is 11.0. The first-order valence-electron chi connectivity index (χ1n) is 6.64. The van der Waals surface area contributed by atoms with Crippen molar-refractivity contribution in [3.63, 3.8) is 0 Å². The summed E-state index contributed by atoms with van der Waals surface area (Å²) >= 11 is 0. The van der Waals surface area contributed by atoms with Crippen LogP contribution in [0.1, 0.15) is 49.1 Å². The molecular formula is C15H18O3. The van der Waals surface area contributed by atoms with Crippen LogP contribution in [0.25, 0.3) is 0 Å². The highest BCUT2D eigenvalue weighted by Crippen LogP contribution is 2.52. The third-order valence-corrected chi connectivity index (χ3v) is 4.17. The number of carbonyl (C=O) groups is 1. The van der Waals surface area contributed by atoms with Crippen molar-refractivity contribution >= 4 is 5.97 Å². The van der Waals surface area contributed by atoms with E-state index in [4.69, 9.17) is 5.11 Å². The molecule has 2 aliphatic rings. The highest BCUT2D eigenvalue weighted by molar-refractivity contribution is 5.68. The summed E-state index contributed by atoms with van der Waals surface area (Å²) in [6, 6.07) is 7.83. The Morgan fingerprint density at radius 2 is 2.00 bits per heavy atom. The summed E-state index contributed by atoms with van der Waals surface area (Å²) < 4.78 is 0. The average Bonchev–Trinajstić information content (AvgIpc) is 3.22. The van der Waals surface area contributed by atoms with Crippen LogP contribution in [-0.4, -0.2) is 16.2 Å². The van der Waals surface area contributed by atoms with Crippen LogP contribution in [0.4, 0.5) is 0 Å². The van der Waals surface area contributed by atoms with Crippen molar-refractivity contribution in [2.75, 3.05) is 0 Å². The fourth-order valence-corrected chi connectivity index (χ4v) is 2.85. The Morgan fingerprint density at radius 1 is 1.33 bits per heavy atom. The van der Waals surface area contributed by atoms with E-state index in [0.717, 1.165) is 36.8 Å². The summed E-state index contributed by atoms with van der Waals surface area (Å²) in [5.74, 6) is -0.183.